The van der Waals surface area contributed by atoms with Gasteiger partial charge in [-0.25, -0.2) is 0 Å². The van der Waals surface area contributed by atoms with Crippen LogP contribution in [0.15, 0.2) is 45.6 Å². The smallest absolute Gasteiger partial charge is 0.204 e. The highest BCUT2D eigenvalue weighted by Crippen LogP contribution is 2.33. The lowest BCUT2D eigenvalue weighted by atomic mass is 10.0. The molecule has 2 aromatic carbocycles. The Morgan fingerprint density at radius 3 is 2.39 bits per heavy atom. The third-order valence-corrected chi connectivity index (χ3v) is 4.01. The van der Waals surface area contributed by atoms with Crippen molar-refractivity contribution in [2.75, 3.05) is 6.26 Å². The number of phenols is 3. The second-order valence-electron chi connectivity index (χ2n) is 5.05. The molecule has 0 unspecified atom stereocenters. The highest BCUT2D eigenvalue weighted by Gasteiger charge is 2.19. The Hall–Kier alpha value is -2.60. The molecule has 0 bridgehead atoms. The fourth-order valence-corrected chi connectivity index (χ4v) is 2.95. The zero-order valence-corrected chi connectivity index (χ0v) is 13.1. The van der Waals surface area contributed by atoms with E-state index in [1.165, 1.54) is 30.0 Å². The summed E-state index contributed by atoms with van der Waals surface area (Å²) in [5.41, 5.74) is 0.695. The fraction of sp³-hybridized carbons (Fsp3) is 0.118. The molecule has 3 aromatic rings. The third-order valence-electron chi connectivity index (χ3n) is 3.46. The highest BCUT2D eigenvalue weighted by atomic mass is 32.2. The van der Waals surface area contributed by atoms with E-state index in [1.807, 2.05) is 6.26 Å². The first-order valence-corrected chi connectivity index (χ1v) is 8.20. The molecule has 0 radical (unpaired) electrons. The van der Waals surface area contributed by atoms with Gasteiger partial charge in [0.1, 0.15) is 34.0 Å². The van der Waals surface area contributed by atoms with Crippen LogP contribution < -0.4 is 5.43 Å². The van der Waals surface area contributed by atoms with Crippen molar-refractivity contribution in [2.24, 2.45) is 0 Å². The van der Waals surface area contributed by atoms with Crippen LogP contribution in [0.5, 0.6) is 17.2 Å². The van der Waals surface area contributed by atoms with E-state index in [-0.39, 0.29) is 33.6 Å². The van der Waals surface area contributed by atoms with E-state index in [0.717, 1.165) is 6.07 Å². The number of rotatable bonds is 3. The van der Waals surface area contributed by atoms with Crippen LogP contribution in [-0.4, -0.2) is 21.6 Å². The summed E-state index contributed by atoms with van der Waals surface area (Å²) in [5.74, 6) is 0.497. The number of hydrogen-bond donors (Lipinski definition) is 3. The number of aromatic hydroxyl groups is 3. The molecule has 1 heterocycles. The average Bonchev–Trinajstić information content (AvgIpc) is 2.48. The minimum absolute atomic E-state index is 0.0238. The van der Waals surface area contributed by atoms with Gasteiger partial charge in [0.05, 0.1) is 11.3 Å². The molecule has 1 aromatic heterocycles. The van der Waals surface area contributed by atoms with Gasteiger partial charge in [0.2, 0.25) is 5.43 Å². The van der Waals surface area contributed by atoms with Crippen molar-refractivity contribution in [2.45, 2.75) is 5.75 Å². The van der Waals surface area contributed by atoms with Crippen molar-refractivity contribution in [1.82, 2.24) is 0 Å². The van der Waals surface area contributed by atoms with Crippen molar-refractivity contribution >= 4 is 22.7 Å². The molecule has 3 rings (SSSR count). The van der Waals surface area contributed by atoms with Gasteiger partial charge in [-0.3, -0.25) is 4.79 Å². The molecule has 6 heteroatoms. The molecule has 0 fully saturated rings. The molecule has 0 aliphatic heterocycles. The first kappa shape index (κ1) is 15.3. The summed E-state index contributed by atoms with van der Waals surface area (Å²) < 4.78 is 5.76. The Balaban J connectivity index is 2.39. The molecular weight excluding hydrogens is 316 g/mol. The lowest BCUT2D eigenvalue weighted by molar-refractivity contribution is 0.451. The summed E-state index contributed by atoms with van der Waals surface area (Å²) in [6.45, 7) is 0. The summed E-state index contributed by atoms with van der Waals surface area (Å²) in [6.07, 6.45) is 1.88. The van der Waals surface area contributed by atoms with E-state index in [4.69, 9.17) is 4.42 Å². The molecule has 23 heavy (non-hydrogen) atoms. The zero-order chi connectivity index (χ0) is 16.6. The van der Waals surface area contributed by atoms with Crippen molar-refractivity contribution in [3.8, 4) is 28.4 Å². The van der Waals surface area contributed by atoms with Gasteiger partial charge >= 0.3 is 0 Å². The predicted molar refractivity (Wildman–Crippen MR) is 90.1 cm³/mol. The van der Waals surface area contributed by atoms with Gasteiger partial charge in [-0.1, -0.05) is 12.1 Å². The monoisotopic (exact) mass is 330 g/mol. The summed E-state index contributed by atoms with van der Waals surface area (Å²) in [7, 11) is 0. The second kappa shape index (κ2) is 5.89. The largest absolute Gasteiger partial charge is 0.508 e. The van der Waals surface area contributed by atoms with Crippen LogP contribution in [0.1, 0.15) is 5.76 Å². The molecule has 5 nitrogen and oxygen atoms in total. The Kier molecular flexibility index (Phi) is 3.92. The summed E-state index contributed by atoms with van der Waals surface area (Å²) in [5, 5.41) is 29.0. The highest BCUT2D eigenvalue weighted by molar-refractivity contribution is 7.97. The lowest BCUT2D eigenvalue weighted by Crippen LogP contribution is -2.09. The van der Waals surface area contributed by atoms with Gasteiger partial charge in [0.15, 0.2) is 0 Å². The minimum atomic E-state index is -0.376. The first-order valence-electron chi connectivity index (χ1n) is 6.81. The van der Waals surface area contributed by atoms with Crippen LogP contribution in [0, 0.1) is 0 Å². The molecule has 3 N–H and O–H groups in total. The van der Waals surface area contributed by atoms with E-state index in [2.05, 4.69) is 0 Å². The first-order chi connectivity index (χ1) is 11.0. The number of thioether (sulfide) groups is 1. The standard InChI is InChI=1S/C17H14O5S/c1-23-8-14-15(9-2-4-10(18)5-3-9)17(21)16-12(20)6-11(19)7-13(16)22-14/h2-7,18-20H,8H2,1H3. The van der Waals surface area contributed by atoms with Gasteiger partial charge in [-0.05, 0) is 24.0 Å². The minimum Gasteiger partial charge on any atom is -0.508 e. The Morgan fingerprint density at radius 2 is 1.74 bits per heavy atom. The van der Waals surface area contributed by atoms with Gasteiger partial charge in [-0.2, -0.15) is 11.8 Å². The van der Waals surface area contributed by atoms with Gasteiger partial charge < -0.3 is 19.7 Å². The molecule has 0 atom stereocenters. The lowest BCUT2D eigenvalue weighted by Gasteiger charge is -2.10. The summed E-state index contributed by atoms with van der Waals surface area (Å²) in [4.78, 5) is 12.9. The van der Waals surface area contributed by atoms with E-state index in [0.29, 0.717) is 22.6 Å². The van der Waals surface area contributed by atoms with Gasteiger partial charge in [-0.15, -0.1) is 0 Å². The number of hydrogen-bond acceptors (Lipinski definition) is 6. The van der Waals surface area contributed by atoms with E-state index in [9.17, 15) is 20.1 Å². The molecule has 0 spiro atoms. The molecular formula is C17H14O5S. The van der Waals surface area contributed by atoms with Gasteiger partial charge in [0, 0.05) is 12.1 Å². The number of benzene rings is 2. The van der Waals surface area contributed by atoms with E-state index >= 15 is 0 Å². The molecule has 0 amide bonds. The van der Waals surface area contributed by atoms with Crippen molar-refractivity contribution in [3.05, 3.63) is 52.4 Å². The van der Waals surface area contributed by atoms with Crippen LogP contribution >= 0.6 is 11.8 Å². The maximum atomic E-state index is 12.9. The number of fused-ring (bicyclic) bond motifs is 1. The van der Waals surface area contributed by atoms with Crippen LogP contribution in [0.3, 0.4) is 0 Å². The van der Waals surface area contributed by atoms with E-state index in [1.54, 1.807) is 12.1 Å². The maximum absolute atomic E-state index is 12.9. The van der Waals surface area contributed by atoms with E-state index < -0.39 is 0 Å². The fourth-order valence-electron chi connectivity index (χ4n) is 2.48. The van der Waals surface area contributed by atoms with Crippen molar-refractivity contribution < 1.29 is 19.7 Å². The molecule has 0 saturated heterocycles. The Morgan fingerprint density at radius 1 is 1.04 bits per heavy atom. The molecule has 0 aliphatic carbocycles. The second-order valence-corrected chi connectivity index (χ2v) is 5.91. The predicted octanol–water partition coefficient (Wildman–Crippen LogP) is 3.44. The van der Waals surface area contributed by atoms with Crippen molar-refractivity contribution in [3.63, 3.8) is 0 Å². The summed E-state index contributed by atoms with van der Waals surface area (Å²) in [6, 6.07) is 8.62. The average molecular weight is 330 g/mol. The van der Waals surface area contributed by atoms with Crippen LogP contribution in [0.2, 0.25) is 0 Å². The topological polar surface area (TPSA) is 90.9 Å². The molecule has 118 valence electrons. The summed E-state index contributed by atoms with van der Waals surface area (Å²) >= 11 is 1.49. The van der Waals surface area contributed by atoms with Gasteiger partial charge in [0.25, 0.3) is 0 Å². The third kappa shape index (κ3) is 2.73. The van der Waals surface area contributed by atoms with Crippen LogP contribution in [0.25, 0.3) is 22.1 Å². The molecule has 0 saturated carbocycles. The van der Waals surface area contributed by atoms with Crippen LogP contribution in [-0.2, 0) is 5.75 Å². The quantitative estimate of drug-likeness (QED) is 0.681. The van der Waals surface area contributed by atoms with Crippen LogP contribution in [0.4, 0.5) is 0 Å². The normalized spacial score (nSPS) is 11.0. The van der Waals surface area contributed by atoms with Crippen molar-refractivity contribution in [1.29, 1.82) is 0 Å². The zero-order valence-electron chi connectivity index (χ0n) is 12.2. The molecule has 0 aliphatic rings. The Bertz CT molecular complexity index is 928. The Labute approximate surface area is 135 Å². The maximum Gasteiger partial charge on any atom is 0.204 e. The number of phenolic OH excluding ortho intramolecular Hbond substituents is 3. The SMILES string of the molecule is CSCc1oc2cc(O)cc(O)c2c(=O)c1-c1ccc(O)cc1.